The van der Waals surface area contributed by atoms with Crippen molar-refractivity contribution in [2.24, 2.45) is 5.92 Å². The van der Waals surface area contributed by atoms with E-state index in [9.17, 15) is 4.79 Å². The number of anilines is 1. The van der Waals surface area contributed by atoms with Crippen LogP contribution in [0.4, 0.5) is 5.13 Å². The van der Waals surface area contributed by atoms with Crippen LogP contribution < -0.4 is 5.32 Å². The molecule has 1 N–H and O–H groups in total. The molecule has 1 aliphatic rings. The number of aryl methyl sites for hydroxylation is 2. The number of hydrogen-bond acceptors (Lipinski definition) is 6. The van der Waals surface area contributed by atoms with Crippen LogP contribution in [0.25, 0.3) is 0 Å². The normalized spacial score (nSPS) is 19.0. The van der Waals surface area contributed by atoms with Gasteiger partial charge in [-0.1, -0.05) is 12.1 Å². The van der Waals surface area contributed by atoms with E-state index in [1.807, 2.05) is 5.38 Å². The predicted molar refractivity (Wildman–Crippen MR) is 89.7 cm³/mol. The largest absolute Gasteiger partial charge is 0.361 e. The average Bonchev–Trinajstić information content (AvgIpc) is 3.06. The Bertz CT molecular complexity index is 675. The number of piperidine rings is 1. The first-order valence-corrected chi connectivity index (χ1v) is 8.82. The molecule has 0 aromatic carbocycles. The Morgan fingerprint density at radius 3 is 3.04 bits per heavy atom. The summed E-state index contributed by atoms with van der Waals surface area (Å²) in [6.07, 6.45) is 2.56. The fraction of sp³-hybridized carbons (Fsp3) is 0.562. The minimum absolute atomic E-state index is 0.214. The lowest BCUT2D eigenvalue weighted by Crippen LogP contribution is -2.33. The zero-order valence-corrected chi connectivity index (χ0v) is 14.6. The van der Waals surface area contributed by atoms with Crippen molar-refractivity contribution in [2.45, 2.75) is 40.2 Å². The van der Waals surface area contributed by atoms with Crippen LogP contribution in [0.2, 0.25) is 0 Å². The molecule has 0 spiro atoms. The number of hydrogen-bond donors (Lipinski definition) is 1. The maximum Gasteiger partial charge on any atom is 0.262 e. The second-order valence-electron chi connectivity index (χ2n) is 6.28. The summed E-state index contributed by atoms with van der Waals surface area (Å²) in [6.45, 7) is 8.89. The van der Waals surface area contributed by atoms with E-state index in [0.29, 0.717) is 22.1 Å². The van der Waals surface area contributed by atoms with Crippen molar-refractivity contribution in [1.29, 1.82) is 0 Å². The molecule has 0 saturated carbocycles. The van der Waals surface area contributed by atoms with E-state index in [0.717, 1.165) is 31.2 Å². The zero-order chi connectivity index (χ0) is 16.4. The van der Waals surface area contributed by atoms with Gasteiger partial charge in [0.1, 0.15) is 11.3 Å². The highest BCUT2D eigenvalue weighted by Crippen LogP contribution is 2.22. The first kappa shape index (κ1) is 16.1. The number of rotatable bonds is 4. The summed E-state index contributed by atoms with van der Waals surface area (Å²) in [5.74, 6) is 1.06. The first-order valence-electron chi connectivity index (χ1n) is 7.94. The quantitative estimate of drug-likeness (QED) is 0.929. The topological polar surface area (TPSA) is 71.3 Å². The maximum absolute atomic E-state index is 12.3. The molecule has 2 aromatic heterocycles. The van der Waals surface area contributed by atoms with E-state index in [4.69, 9.17) is 4.52 Å². The second kappa shape index (κ2) is 6.80. The van der Waals surface area contributed by atoms with Crippen molar-refractivity contribution >= 4 is 22.4 Å². The monoisotopic (exact) mass is 334 g/mol. The van der Waals surface area contributed by atoms with Gasteiger partial charge in [-0.2, -0.15) is 0 Å². The summed E-state index contributed by atoms with van der Waals surface area (Å²) in [5, 5.41) is 9.29. The Hall–Kier alpha value is -1.73. The van der Waals surface area contributed by atoms with Gasteiger partial charge in [-0.3, -0.25) is 15.0 Å². The van der Waals surface area contributed by atoms with Crippen molar-refractivity contribution < 1.29 is 9.32 Å². The Labute approximate surface area is 139 Å². The van der Waals surface area contributed by atoms with Gasteiger partial charge in [-0.05, 0) is 39.2 Å². The van der Waals surface area contributed by atoms with Crippen molar-refractivity contribution in [1.82, 2.24) is 15.0 Å². The molecule has 3 heterocycles. The molecule has 7 heteroatoms. The molecular formula is C16H22N4O2S. The van der Waals surface area contributed by atoms with Crippen molar-refractivity contribution in [3.8, 4) is 0 Å². The first-order chi connectivity index (χ1) is 11.0. The third-order valence-corrected chi connectivity index (χ3v) is 4.97. The van der Waals surface area contributed by atoms with Gasteiger partial charge in [0.25, 0.3) is 5.91 Å². The maximum atomic E-state index is 12.3. The molecule has 1 fully saturated rings. The Morgan fingerprint density at radius 1 is 1.52 bits per heavy atom. The molecular weight excluding hydrogens is 312 g/mol. The minimum atomic E-state index is -0.214. The summed E-state index contributed by atoms with van der Waals surface area (Å²) >= 11 is 1.46. The molecule has 0 unspecified atom stereocenters. The summed E-state index contributed by atoms with van der Waals surface area (Å²) in [5.41, 5.74) is 2.10. The zero-order valence-electron chi connectivity index (χ0n) is 13.8. The molecule has 23 heavy (non-hydrogen) atoms. The molecule has 0 bridgehead atoms. The molecule has 3 rings (SSSR count). The molecule has 2 aromatic rings. The summed E-state index contributed by atoms with van der Waals surface area (Å²) in [4.78, 5) is 19.3. The van der Waals surface area contributed by atoms with Crippen molar-refractivity contribution in [2.75, 3.05) is 18.4 Å². The molecule has 0 aliphatic carbocycles. The Balaban J connectivity index is 1.62. The lowest BCUT2D eigenvalue weighted by atomic mass is 10.0. The van der Waals surface area contributed by atoms with Crippen LogP contribution >= 0.6 is 11.3 Å². The minimum Gasteiger partial charge on any atom is -0.361 e. The van der Waals surface area contributed by atoms with Crippen LogP contribution in [0.1, 0.15) is 47.3 Å². The molecule has 1 atom stereocenters. The third-order valence-electron chi connectivity index (χ3n) is 4.16. The predicted octanol–water partition coefficient (Wildman–Crippen LogP) is 3.23. The van der Waals surface area contributed by atoms with E-state index in [2.05, 4.69) is 27.3 Å². The lowest BCUT2D eigenvalue weighted by Gasteiger charge is -2.30. The fourth-order valence-corrected chi connectivity index (χ4v) is 3.76. The number of thiazole rings is 1. The highest BCUT2D eigenvalue weighted by molar-refractivity contribution is 7.13. The van der Waals surface area contributed by atoms with E-state index in [1.165, 1.54) is 24.2 Å². The highest BCUT2D eigenvalue weighted by atomic mass is 32.1. The number of likely N-dealkylation sites (tertiary alicyclic amines) is 1. The summed E-state index contributed by atoms with van der Waals surface area (Å²) < 4.78 is 5.04. The fourth-order valence-electron chi connectivity index (χ4n) is 3.06. The number of nitrogens with one attached hydrogen (secondary N) is 1. The number of nitrogens with zero attached hydrogens (tertiary/aromatic N) is 3. The molecule has 1 saturated heterocycles. The van der Waals surface area contributed by atoms with Gasteiger partial charge in [0.05, 0.1) is 11.4 Å². The van der Waals surface area contributed by atoms with Crippen molar-refractivity contribution in [3.63, 3.8) is 0 Å². The SMILES string of the molecule is Cc1noc(C)c1C(=O)Nc1nc(CN2CCC[C@@H](C)C2)cs1. The lowest BCUT2D eigenvalue weighted by molar-refractivity contribution is 0.102. The molecule has 1 amide bonds. The molecule has 124 valence electrons. The van der Waals surface area contributed by atoms with Gasteiger partial charge >= 0.3 is 0 Å². The van der Waals surface area contributed by atoms with Crippen LogP contribution in [0, 0.1) is 19.8 Å². The number of amides is 1. The van der Waals surface area contributed by atoms with Gasteiger partial charge in [-0.25, -0.2) is 4.98 Å². The van der Waals surface area contributed by atoms with Crippen LogP contribution in [-0.4, -0.2) is 34.0 Å². The van der Waals surface area contributed by atoms with Gasteiger partial charge in [0.2, 0.25) is 0 Å². The third kappa shape index (κ3) is 3.79. The standard InChI is InChI=1S/C16H22N4O2S/c1-10-5-4-6-20(7-10)8-13-9-23-16(17-13)18-15(21)14-11(2)19-22-12(14)3/h9-10H,4-8H2,1-3H3,(H,17,18,21)/t10-/m1/s1. The van der Waals surface area contributed by atoms with Gasteiger partial charge in [0, 0.05) is 18.5 Å². The van der Waals surface area contributed by atoms with Crippen LogP contribution in [0.3, 0.4) is 0 Å². The van der Waals surface area contributed by atoms with Crippen LogP contribution in [0.15, 0.2) is 9.90 Å². The van der Waals surface area contributed by atoms with Crippen LogP contribution in [0.5, 0.6) is 0 Å². The van der Waals surface area contributed by atoms with E-state index in [-0.39, 0.29) is 5.91 Å². The number of aromatic nitrogens is 2. The summed E-state index contributed by atoms with van der Waals surface area (Å²) in [6, 6.07) is 0. The smallest absolute Gasteiger partial charge is 0.262 e. The van der Waals surface area contributed by atoms with E-state index < -0.39 is 0 Å². The van der Waals surface area contributed by atoms with E-state index in [1.54, 1.807) is 13.8 Å². The number of carbonyl (C=O) groups is 1. The Morgan fingerprint density at radius 2 is 2.35 bits per heavy atom. The van der Waals surface area contributed by atoms with Crippen LogP contribution in [-0.2, 0) is 6.54 Å². The second-order valence-corrected chi connectivity index (χ2v) is 7.14. The molecule has 6 nitrogen and oxygen atoms in total. The highest BCUT2D eigenvalue weighted by Gasteiger charge is 2.20. The van der Waals surface area contributed by atoms with Gasteiger partial charge in [0.15, 0.2) is 5.13 Å². The summed E-state index contributed by atoms with van der Waals surface area (Å²) in [7, 11) is 0. The van der Waals surface area contributed by atoms with Crippen molar-refractivity contribution in [3.05, 3.63) is 28.1 Å². The van der Waals surface area contributed by atoms with Gasteiger partial charge in [-0.15, -0.1) is 11.3 Å². The molecule has 1 aliphatic heterocycles. The Kier molecular flexibility index (Phi) is 4.77. The van der Waals surface area contributed by atoms with Gasteiger partial charge < -0.3 is 4.52 Å². The average molecular weight is 334 g/mol. The molecule has 0 radical (unpaired) electrons. The number of carbonyl (C=O) groups excluding carboxylic acids is 1. The van der Waals surface area contributed by atoms with E-state index >= 15 is 0 Å².